The van der Waals surface area contributed by atoms with Crippen LogP contribution in [-0.2, 0) is 11.8 Å². The van der Waals surface area contributed by atoms with Crippen LogP contribution in [0.1, 0.15) is 50.3 Å². The summed E-state index contributed by atoms with van der Waals surface area (Å²) in [5, 5.41) is 13.0. The lowest BCUT2D eigenvalue weighted by molar-refractivity contribution is -0.126. The van der Waals surface area contributed by atoms with E-state index in [-0.39, 0.29) is 11.8 Å². The van der Waals surface area contributed by atoms with Crippen molar-refractivity contribution in [2.45, 2.75) is 44.6 Å². The highest BCUT2D eigenvalue weighted by molar-refractivity contribution is 5.78. The molecule has 0 bridgehead atoms. The lowest BCUT2D eigenvalue weighted by atomic mass is 9.88. The minimum atomic E-state index is -0.508. The van der Waals surface area contributed by atoms with Crippen LogP contribution in [0, 0.1) is 5.92 Å². The van der Waals surface area contributed by atoms with Gasteiger partial charge in [-0.15, -0.1) is 0 Å². The van der Waals surface area contributed by atoms with Gasteiger partial charge in [0.2, 0.25) is 5.91 Å². The third-order valence-corrected chi connectivity index (χ3v) is 4.02. The molecule has 1 fully saturated rings. The Bertz CT molecular complexity index is 408. The van der Waals surface area contributed by atoms with Crippen LogP contribution in [0.4, 0.5) is 0 Å². The lowest BCUT2D eigenvalue weighted by Gasteiger charge is -2.21. The molecule has 4 nitrogen and oxygen atoms in total. The van der Waals surface area contributed by atoms with Crippen LogP contribution in [0.3, 0.4) is 0 Å². The molecule has 0 unspecified atom stereocenters. The first-order valence-corrected chi connectivity index (χ1v) is 7.25. The van der Waals surface area contributed by atoms with Crippen molar-refractivity contribution < 1.29 is 9.90 Å². The van der Waals surface area contributed by atoms with Crippen molar-refractivity contribution in [2.24, 2.45) is 13.0 Å². The summed E-state index contributed by atoms with van der Waals surface area (Å²) in [6, 6.07) is 3.83. The first kappa shape index (κ1) is 14.1. The van der Waals surface area contributed by atoms with Crippen LogP contribution < -0.4 is 5.32 Å². The first-order valence-electron chi connectivity index (χ1n) is 7.25. The van der Waals surface area contributed by atoms with Crippen LogP contribution in [0.25, 0.3) is 0 Å². The Morgan fingerprint density at radius 2 is 2.21 bits per heavy atom. The number of carbonyl (C=O) groups excluding carboxylic acids is 1. The van der Waals surface area contributed by atoms with E-state index < -0.39 is 6.10 Å². The molecule has 1 aromatic rings. The van der Waals surface area contributed by atoms with Gasteiger partial charge in [0.1, 0.15) is 0 Å². The van der Waals surface area contributed by atoms with E-state index in [2.05, 4.69) is 5.32 Å². The molecule has 1 amide bonds. The van der Waals surface area contributed by atoms with Crippen molar-refractivity contribution in [1.29, 1.82) is 0 Å². The molecule has 2 rings (SSSR count). The molecule has 1 saturated carbocycles. The van der Waals surface area contributed by atoms with Crippen LogP contribution in [0.5, 0.6) is 0 Å². The zero-order chi connectivity index (χ0) is 13.7. The molecule has 2 N–H and O–H groups in total. The van der Waals surface area contributed by atoms with Crippen LogP contribution in [0.2, 0.25) is 0 Å². The lowest BCUT2D eigenvalue weighted by Crippen LogP contribution is -2.33. The summed E-state index contributed by atoms with van der Waals surface area (Å²) in [6.45, 7) is 0.543. The molecular formula is C15H24N2O2. The number of aromatic nitrogens is 1. The highest BCUT2D eigenvalue weighted by Crippen LogP contribution is 2.23. The van der Waals surface area contributed by atoms with E-state index in [1.807, 2.05) is 29.9 Å². The maximum absolute atomic E-state index is 11.9. The molecule has 1 aromatic heterocycles. The molecule has 0 aliphatic heterocycles. The summed E-state index contributed by atoms with van der Waals surface area (Å²) >= 11 is 0. The molecule has 0 radical (unpaired) electrons. The van der Waals surface area contributed by atoms with E-state index in [4.69, 9.17) is 0 Å². The molecule has 0 aromatic carbocycles. The Balaban J connectivity index is 1.71. The number of nitrogens with one attached hydrogen (secondary N) is 1. The summed E-state index contributed by atoms with van der Waals surface area (Å²) < 4.78 is 1.91. The number of hydrogen-bond acceptors (Lipinski definition) is 2. The van der Waals surface area contributed by atoms with Crippen molar-refractivity contribution in [2.75, 3.05) is 6.54 Å². The van der Waals surface area contributed by atoms with E-state index in [0.717, 1.165) is 18.5 Å². The zero-order valence-electron chi connectivity index (χ0n) is 11.6. The maximum Gasteiger partial charge on any atom is 0.223 e. The van der Waals surface area contributed by atoms with Gasteiger partial charge in [-0.25, -0.2) is 0 Å². The van der Waals surface area contributed by atoms with Crippen molar-refractivity contribution >= 4 is 5.91 Å². The second kappa shape index (κ2) is 6.75. The number of aliphatic hydroxyl groups is 1. The van der Waals surface area contributed by atoms with Crippen molar-refractivity contribution in [3.05, 3.63) is 24.0 Å². The minimum absolute atomic E-state index is 0.166. The smallest absolute Gasteiger partial charge is 0.223 e. The second-order valence-electron chi connectivity index (χ2n) is 5.47. The fraction of sp³-hybridized carbons (Fsp3) is 0.667. The molecule has 4 heteroatoms. The second-order valence-corrected chi connectivity index (χ2v) is 5.47. The average molecular weight is 264 g/mol. The van der Waals surface area contributed by atoms with E-state index in [1.54, 1.807) is 0 Å². The number of hydrogen-bond donors (Lipinski definition) is 2. The standard InChI is InChI=1S/C15H24N2O2/c1-17-11-5-8-13(17)14(18)9-10-16-15(19)12-6-3-2-4-7-12/h5,8,11-12,14,18H,2-4,6-7,9-10H2,1H3,(H,16,19)/t14-/m1/s1. The van der Waals surface area contributed by atoms with Gasteiger partial charge in [0, 0.05) is 31.4 Å². The van der Waals surface area contributed by atoms with Gasteiger partial charge in [-0.2, -0.15) is 0 Å². The van der Waals surface area contributed by atoms with Crippen LogP contribution in [0.15, 0.2) is 18.3 Å². The molecule has 1 aliphatic carbocycles. The number of carbonyl (C=O) groups is 1. The third-order valence-electron chi connectivity index (χ3n) is 4.02. The van der Waals surface area contributed by atoms with Crippen LogP contribution >= 0.6 is 0 Å². The normalized spacial score (nSPS) is 18.2. The predicted octanol–water partition coefficient (Wildman–Crippen LogP) is 2.15. The largest absolute Gasteiger partial charge is 0.387 e. The number of aryl methyl sites for hydroxylation is 1. The van der Waals surface area contributed by atoms with E-state index >= 15 is 0 Å². The van der Waals surface area contributed by atoms with E-state index in [1.165, 1.54) is 19.3 Å². The Hall–Kier alpha value is -1.29. The van der Waals surface area contributed by atoms with E-state index in [9.17, 15) is 9.90 Å². The van der Waals surface area contributed by atoms with Gasteiger partial charge in [-0.1, -0.05) is 19.3 Å². The predicted molar refractivity (Wildman–Crippen MR) is 74.6 cm³/mol. The monoisotopic (exact) mass is 264 g/mol. The molecule has 0 saturated heterocycles. The molecule has 1 atom stereocenters. The Kier molecular flexibility index (Phi) is 5.02. The summed E-state index contributed by atoms with van der Waals surface area (Å²) in [6.07, 6.45) is 7.62. The van der Waals surface area contributed by atoms with Crippen molar-refractivity contribution in [1.82, 2.24) is 9.88 Å². The maximum atomic E-state index is 11.9. The molecule has 106 valence electrons. The van der Waals surface area contributed by atoms with Gasteiger partial charge in [0.25, 0.3) is 0 Å². The topological polar surface area (TPSA) is 54.3 Å². The fourth-order valence-electron chi connectivity index (χ4n) is 2.81. The fourth-order valence-corrected chi connectivity index (χ4v) is 2.81. The minimum Gasteiger partial charge on any atom is -0.387 e. The summed E-state index contributed by atoms with van der Waals surface area (Å²) in [5.74, 6) is 0.361. The number of amides is 1. The number of aliphatic hydroxyl groups excluding tert-OH is 1. The molecule has 19 heavy (non-hydrogen) atoms. The van der Waals surface area contributed by atoms with Gasteiger partial charge in [0.15, 0.2) is 0 Å². The molecule has 0 spiro atoms. The summed E-state index contributed by atoms with van der Waals surface area (Å²) in [5.41, 5.74) is 0.895. The Morgan fingerprint density at radius 3 is 2.84 bits per heavy atom. The summed E-state index contributed by atoms with van der Waals surface area (Å²) in [4.78, 5) is 11.9. The highest BCUT2D eigenvalue weighted by atomic mass is 16.3. The number of nitrogens with zero attached hydrogens (tertiary/aromatic N) is 1. The first-order chi connectivity index (χ1) is 9.18. The van der Waals surface area contributed by atoms with Crippen LogP contribution in [-0.4, -0.2) is 22.1 Å². The van der Waals surface area contributed by atoms with E-state index in [0.29, 0.717) is 13.0 Å². The average Bonchev–Trinajstić information content (AvgIpc) is 2.86. The zero-order valence-corrected chi connectivity index (χ0v) is 11.6. The quantitative estimate of drug-likeness (QED) is 0.856. The number of rotatable bonds is 5. The highest BCUT2D eigenvalue weighted by Gasteiger charge is 2.20. The van der Waals surface area contributed by atoms with Crippen molar-refractivity contribution in [3.8, 4) is 0 Å². The van der Waals surface area contributed by atoms with Gasteiger partial charge in [-0.3, -0.25) is 4.79 Å². The summed E-state index contributed by atoms with van der Waals surface area (Å²) in [7, 11) is 1.92. The Morgan fingerprint density at radius 1 is 1.47 bits per heavy atom. The van der Waals surface area contributed by atoms with Crippen molar-refractivity contribution in [3.63, 3.8) is 0 Å². The SMILES string of the molecule is Cn1cccc1[C@H](O)CCNC(=O)C1CCCCC1. The van der Waals surface area contributed by atoms with Gasteiger partial charge < -0.3 is 15.0 Å². The van der Waals surface area contributed by atoms with Gasteiger partial charge in [-0.05, 0) is 31.4 Å². The third kappa shape index (κ3) is 3.83. The molecule has 1 aliphatic rings. The molecule has 1 heterocycles. The van der Waals surface area contributed by atoms with Gasteiger partial charge in [0.05, 0.1) is 6.10 Å². The van der Waals surface area contributed by atoms with Gasteiger partial charge >= 0.3 is 0 Å². The molecular weight excluding hydrogens is 240 g/mol. The Labute approximate surface area is 114 Å².